The molecule has 10 heteroatoms. The lowest BCUT2D eigenvalue weighted by atomic mass is 9.99. The van der Waals surface area contributed by atoms with Crippen LogP contribution in [-0.4, -0.2) is 63.7 Å². The molecule has 4 N–H and O–H groups in total. The highest BCUT2D eigenvalue weighted by Crippen LogP contribution is 2.40. The fraction of sp³-hybridized carbons (Fsp3) is 0.500. The Morgan fingerprint density at radius 1 is 1.07 bits per heavy atom. The summed E-state index contributed by atoms with van der Waals surface area (Å²) in [5, 5.41) is 39.6. The number of aliphatic hydroxyl groups is 4. The minimum Gasteiger partial charge on any atom is -0.461 e. The monoisotopic (exact) mass is 424 g/mol. The zero-order valence-corrected chi connectivity index (χ0v) is 16.9. The van der Waals surface area contributed by atoms with Crippen molar-refractivity contribution in [2.45, 2.75) is 58.4 Å². The molecule has 5 unspecified atom stereocenters. The first-order valence-electron chi connectivity index (χ1n) is 9.30. The number of hydrogen-bond acceptors (Lipinski definition) is 10. The van der Waals surface area contributed by atoms with Crippen LogP contribution in [0.5, 0.6) is 11.5 Å². The Labute approximate surface area is 171 Å². The highest BCUT2D eigenvalue weighted by molar-refractivity contribution is 5.92. The molecule has 30 heavy (non-hydrogen) atoms. The molecule has 3 rings (SSSR count). The highest BCUT2D eigenvalue weighted by atomic mass is 16.7. The van der Waals surface area contributed by atoms with Crippen LogP contribution in [-0.2, 0) is 9.53 Å². The van der Waals surface area contributed by atoms with E-state index < -0.39 is 48.7 Å². The normalized spacial score (nSPS) is 26.6. The fourth-order valence-electron chi connectivity index (χ4n) is 3.49. The Bertz CT molecular complexity index is 1020. The number of aryl methyl sites for hydroxylation is 2. The Hall–Kier alpha value is -2.50. The number of hydrogen-bond donors (Lipinski definition) is 4. The Kier molecular flexibility index (Phi) is 6.16. The molecule has 1 aromatic carbocycles. The van der Waals surface area contributed by atoms with Crippen molar-refractivity contribution in [1.29, 1.82) is 0 Å². The molecule has 1 fully saturated rings. The van der Waals surface area contributed by atoms with Crippen molar-refractivity contribution in [1.82, 2.24) is 0 Å². The molecule has 2 heterocycles. The number of fused-ring (bicyclic) bond motifs is 1. The number of esters is 1. The minimum absolute atomic E-state index is 0.0589. The summed E-state index contributed by atoms with van der Waals surface area (Å²) in [4.78, 5) is 24.2. The molecule has 0 bridgehead atoms. The van der Waals surface area contributed by atoms with Gasteiger partial charge in [0.2, 0.25) is 6.29 Å². The van der Waals surface area contributed by atoms with E-state index in [0.29, 0.717) is 11.3 Å². The highest BCUT2D eigenvalue weighted by Gasteiger charge is 2.45. The fourth-order valence-corrected chi connectivity index (χ4v) is 3.49. The van der Waals surface area contributed by atoms with Crippen LogP contribution in [0.25, 0.3) is 11.0 Å². The van der Waals surface area contributed by atoms with Gasteiger partial charge in [-0.25, -0.2) is 0 Å². The van der Waals surface area contributed by atoms with Gasteiger partial charge in [0.05, 0.1) is 6.61 Å². The van der Waals surface area contributed by atoms with Crippen LogP contribution in [0, 0.1) is 20.8 Å². The molecule has 1 aliphatic heterocycles. The van der Waals surface area contributed by atoms with E-state index >= 15 is 0 Å². The van der Waals surface area contributed by atoms with Gasteiger partial charge in [0.15, 0.2) is 11.2 Å². The third-order valence-electron chi connectivity index (χ3n) is 4.99. The van der Waals surface area contributed by atoms with Crippen LogP contribution < -0.4 is 14.9 Å². The van der Waals surface area contributed by atoms with E-state index in [1.807, 2.05) is 0 Å². The van der Waals surface area contributed by atoms with Gasteiger partial charge in [-0.2, -0.15) is 0 Å². The molecule has 1 saturated heterocycles. The van der Waals surface area contributed by atoms with Gasteiger partial charge in [-0.15, -0.1) is 0 Å². The molecular weight excluding hydrogens is 400 g/mol. The molecule has 1 aromatic heterocycles. The first-order chi connectivity index (χ1) is 14.1. The number of ether oxygens (including phenoxy) is 3. The van der Waals surface area contributed by atoms with Crippen molar-refractivity contribution in [2.24, 2.45) is 0 Å². The van der Waals surface area contributed by atoms with E-state index in [0.717, 1.165) is 0 Å². The molecule has 1 aliphatic rings. The van der Waals surface area contributed by atoms with E-state index in [9.17, 15) is 30.0 Å². The third-order valence-corrected chi connectivity index (χ3v) is 4.99. The van der Waals surface area contributed by atoms with Crippen molar-refractivity contribution in [2.75, 3.05) is 6.61 Å². The topological polar surface area (TPSA) is 156 Å². The minimum atomic E-state index is -1.64. The molecule has 2 aromatic rings. The number of benzene rings is 1. The number of aliphatic hydroxyl groups excluding tert-OH is 4. The van der Waals surface area contributed by atoms with E-state index in [1.165, 1.54) is 13.0 Å². The molecule has 10 nitrogen and oxygen atoms in total. The Morgan fingerprint density at radius 2 is 1.73 bits per heavy atom. The summed E-state index contributed by atoms with van der Waals surface area (Å²) in [6, 6.07) is 1.27. The van der Waals surface area contributed by atoms with E-state index in [1.54, 1.807) is 20.8 Å². The number of rotatable bonds is 4. The van der Waals surface area contributed by atoms with Crippen molar-refractivity contribution in [3.05, 3.63) is 33.2 Å². The summed E-state index contributed by atoms with van der Waals surface area (Å²) < 4.78 is 22.1. The molecule has 0 amide bonds. The van der Waals surface area contributed by atoms with Gasteiger partial charge in [0.1, 0.15) is 46.9 Å². The van der Waals surface area contributed by atoms with Crippen molar-refractivity contribution in [3.8, 4) is 11.5 Å². The van der Waals surface area contributed by atoms with Gasteiger partial charge in [-0.1, -0.05) is 0 Å². The largest absolute Gasteiger partial charge is 0.461 e. The van der Waals surface area contributed by atoms with Gasteiger partial charge in [0, 0.05) is 24.1 Å². The maximum Gasteiger partial charge on any atom is 0.308 e. The first kappa shape index (κ1) is 22.2. The van der Waals surface area contributed by atoms with Crippen LogP contribution in [0.3, 0.4) is 0 Å². The van der Waals surface area contributed by atoms with Gasteiger partial charge < -0.3 is 39.1 Å². The summed E-state index contributed by atoms with van der Waals surface area (Å²) in [7, 11) is 0. The van der Waals surface area contributed by atoms with Gasteiger partial charge in [0.25, 0.3) is 0 Å². The maximum absolute atomic E-state index is 12.6. The van der Waals surface area contributed by atoms with Crippen LogP contribution in [0.2, 0.25) is 0 Å². The Balaban J connectivity index is 2.16. The standard InChI is InChI=1S/C20H24O10/c1-7-5-11(23)13-18(27-7)8(2)17(9(3)19(13)28-10(4)22)30-20-16(26)15(25)14(24)12(6-21)29-20/h5,12,14-16,20-21,24-26H,6H2,1-4H3. The Morgan fingerprint density at radius 3 is 2.33 bits per heavy atom. The molecular formula is C20H24O10. The van der Waals surface area contributed by atoms with Crippen molar-refractivity contribution in [3.63, 3.8) is 0 Å². The summed E-state index contributed by atoms with van der Waals surface area (Å²) in [5.41, 5.74) is 0.358. The molecule has 5 atom stereocenters. The van der Waals surface area contributed by atoms with Crippen LogP contribution in [0.15, 0.2) is 15.3 Å². The molecule has 164 valence electrons. The predicted octanol–water partition coefficient (Wildman–Crippen LogP) is -0.178. The molecule has 0 saturated carbocycles. The zero-order chi connectivity index (χ0) is 22.3. The van der Waals surface area contributed by atoms with E-state index in [4.69, 9.17) is 18.6 Å². The van der Waals surface area contributed by atoms with E-state index in [2.05, 4.69) is 0 Å². The maximum atomic E-state index is 12.6. The van der Waals surface area contributed by atoms with Gasteiger partial charge >= 0.3 is 5.97 Å². The van der Waals surface area contributed by atoms with E-state index in [-0.39, 0.29) is 28.0 Å². The van der Waals surface area contributed by atoms with Crippen LogP contribution in [0.4, 0.5) is 0 Å². The number of carbonyl (C=O) groups excluding carboxylic acids is 1. The van der Waals surface area contributed by atoms with Gasteiger partial charge in [-0.3, -0.25) is 9.59 Å². The molecule has 0 aliphatic carbocycles. The van der Waals surface area contributed by atoms with Crippen molar-refractivity contribution < 1.29 is 43.8 Å². The van der Waals surface area contributed by atoms with Crippen molar-refractivity contribution >= 4 is 16.9 Å². The lowest BCUT2D eigenvalue weighted by Crippen LogP contribution is -2.60. The second kappa shape index (κ2) is 8.32. The third kappa shape index (κ3) is 3.80. The summed E-state index contributed by atoms with van der Waals surface area (Å²) in [6.45, 7) is 5.30. The SMILES string of the molecule is CC(=O)Oc1c(C)c(OC2OC(CO)C(O)C(O)C2O)c(C)c2oc(C)cc(=O)c12. The quantitative estimate of drug-likeness (QED) is 0.384. The summed E-state index contributed by atoms with van der Waals surface area (Å²) in [5.74, 6) is -0.303. The lowest BCUT2D eigenvalue weighted by molar-refractivity contribution is -0.277. The van der Waals surface area contributed by atoms with Gasteiger partial charge in [-0.05, 0) is 20.8 Å². The summed E-state index contributed by atoms with van der Waals surface area (Å²) >= 11 is 0. The summed E-state index contributed by atoms with van der Waals surface area (Å²) in [6.07, 6.45) is -7.44. The molecule has 0 spiro atoms. The second-order valence-corrected chi connectivity index (χ2v) is 7.24. The smallest absolute Gasteiger partial charge is 0.308 e. The average molecular weight is 424 g/mol. The molecule has 0 radical (unpaired) electrons. The predicted molar refractivity (Wildman–Crippen MR) is 102 cm³/mol. The first-order valence-corrected chi connectivity index (χ1v) is 9.30. The van der Waals surface area contributed by atoms with Crippen LogP contribution in [0.1, 0.15) is 23.8 Å². The van der Waals surface area contributed by atoms with Crippen LogP contribution >= 0.6 is 0 Å². The second-order valence-electron chi connectivity index (χ2n) is 7.24. The number of carbonyl (C=O) groups is 1. The lowest BCUT2D eigenvalue weighted by Gasteiger charge is -2.40. The average Bonchev–Trinajstić information content (AvgIpc) is 2.67. The zero-order valence-electron chi connectivity index (χ0n) is 16.9.